The Morgan fingerprint density at radius 2 is 1.85 bits per heavy atom. The van der Waals surface area contributed by atoms with Crippen molar-refractivity contribution in [1.82, 2.24) is 15.1 Å². The first-order valence-electron chi connectivity index (χ1n) is 8.10. The SMILES string of the molecule is O=C(Nc1cccc(-c2noc(-c3cccc(F)c3)n2)c1)c1cccnc1. The third kappa shape index (κ3) is 3.72. The van der Waals surface area contributed by atoms with Crippen molar-refractivity contribution >= 4 is 11.6 Å². The van der Waals surface area contributed by atoms with Crippen molar-refractivity contribution in [1.29, 1.82) is 0 Å². The Morgan fingerprint density at radius 1 is 1.00 bits per heavy atom. The molecule has 0 spiro atoms. The summed E-state index contributed by atoms with van der Waals surface area (Å²) in [6.07, 6.45) is 3.09. The third-order valence-electron chi connectivity index (χ3n) is 3.80. The van der Waals surface area contributed by atoms with Crippen LogP contribution in [0.4, 0.5) is 10.1 Å². The molecule has 1 amide bonds. The monoisotopic (exact) mass is 360 g/mol. The van der Waals surface area contributed by atoms with Crippen molar-refractivity contribution in [3.8, 4) is 22.8 Å². The van der Waals surface area contributed by atoms with Gasteiger partial charge in [0.05, 0.1) is 5.56 Å². The van der Waals surface area contributed by atoms with E-state index in [0.717, 1.165) is 0 Å². The number of anilines is 1. The predicted molar refractivity (Wildman–Crippen MR) is 97.3 cm³/mol. The standard InChI is InChI=1S/C20H13FN4O2/c21-16-7-1-5-14(10-16)20-24-18(25-27-20)13-4-2-8-17(11-13)23-19(26)15-6-3-9-22-12-15/h1-12H,(H,23,26). The van der Waals surface area contributed by atoms with Crippen molar-refractivity contribution in [3.05, 3.63) is 84.4 Å². The first-order chi connectivity index (χ1) is 13.2. The lowest BCUT2D eigenvalue weighted by atomic mass is 10.1. The fraction of sp³-hybridized carbons (Fsp3) is 0. The first kappa shape index (κ1) is 16.6. The molecule has 0 aliphatic carbocycles. The van der Waals surface area contributed by atoms with E-state index >= 15 is 0 Å². The van der Waals surface area contributed by atoms with Gasteiger partial charge in [-0.3, -0.25) is 9.78 Å². The molecule has 4 aromatic rings. The second-order valence-corrected chi connectivity index (χ2v) is 5.71. The molecule has 4 rings (SSSR count). The van der Waals surface area contributed by atoms with Crippen LogP contribution in [0.5, 0.6) is 0 Å². The van der Waals surface area contributed by atoms with E-state index in [2.05, 4.69) is 20.4 Å². The molecule has 2 aromatic carbocycles. The molecule has 0 saturated heterocycles. The number of nitrogens with zero attached hydrogens (tertiary/aromatic N) is 3. The molecule has 2 aromatic heterocycles. The topological polar surface area (TPSA) is 80.9 Å². The Morgan fingerprint density at radius 3 is 2.67 bits per heavy atom. The number of benzene rings is 2. The van der Waals surface area contributed by atoms with Crippen LogP contribution >= 0.6 is 0 Å². The second kappa shape index (κ2) is 7.17. The molecule has 2 heterocycles. The van der Waals surface area contributed by atoms with Gasteiger partial charge in [-0.05, 0) is 42.5 Å². The highest BCUT2D eigenvalue weighted by Gasteiger charge is 2.12. The van der Waals surface area contributed by atoms with Gasteiger partial charge in [0.25, 0.3) is 11.8 Å². The number of aromatic nitrogens is 3. The Labute approximate surface area is 153 Å². The zero-order valence-electron chi connectivity index (χ0n) is 14.0. The van der Waals surface area contributed by atoms with Crippen LogP contribution < -0.4 is 5.32 Å². The van der Waals surface area contributed by atoms with Gasteiger partial charge in [0.2, 0.25) is 5.82 Å². The molecule has 0 aliphatic rings. The smallest absolute Gasteiger partial charge is 0.258 e. The van der Waals surface area contributed by atoms with Crippen LogP contribution in [0, 0.1) is 5.82 Å². The van der Waals surface area contributed by atoms with Gasteiger partial charge >= 0.3 is 0 Å². The summed E-state index contributed by atoms with van der Waals surface area (Å²) < 4.78 is 18.6. The van der Waals surface area contributed by atoms with Crippen LogP contribution in [0.15, 0.2) is 77.6 Å². The van der Waals surface area contributed by atoms with Gasteiger partial charge in [-0.1, -0.05) is 23.4 Å². The number of pyridine rings is 1. The summed E-state index contributed by atoms with van der Waals surface area (Å²) in [5, 5.41) is 6.74. The molecular formula is C20H13FN4O2. The maximum atomic E-state index is 13.4. The number of halogens is 1. The fourth-order valence-electron chi connectivity index (χ4n) is 2.52. The highest BCUT2D eigenvalue weighted by molar-refractivity contribution is 6.04. The lowest BCUT2D eigenvalue weighted by Gasteiger charge is -2.05. The normalized spacial score (nSPS) is 10.6. The Kier molecular flexibility index (Phi) is 4.40. The van der Waals surface area contributed by atoms with E-state index in [1.54, 1.807) is 54.7 Å². The molecule has 0 saturated carbocycles. The highest BCUT2D eigenvalue weighted by atomic mass is 19.1. The molecule has 0 aliphatic heterocycles. The van der Waals surface area contributed by atoms with Gasteiger partial charge in [0.15, 0.2) is 0 Å². The van der Waals surface area contributed by atoms with Crippen LogP contribution in [0.2, 0.25) is 0 Å². The Hall–Kier alpha value is -3.87. The maximum Gasteiger partial charge on any atom is 0.258 e. The highest BCUT2D eigenvalue weighted by Crippen LogP contribution is 2.24. The van der Waals surface area contributed by atoms with Crippen LogP contribution in [0.25, 0.3) is 22.8 Å². The summed E-state index contributed by atoms with van der Waals surface area (Å²) in [7, 11) is 0. The van der Waals surface area contributed by atoms with E-state index in [1.807, 2.05) is 0 Å². The number of rotatable bonds is 4. The molecule has 6 nitrogen and oxygen atoms in total. The van der Waals surface area contributed by atoms with Crippen molar-refractivity contribution < 1.29 is 13.7 Å². The van der Waals surface area contributed by atoms with E-state index in [0.29, 0.717) is 28.2 Å². The van der Waals surface area contributed by atoms with Crippen LogP contribution in [-0.4, -0.2) is 21.0 Å². The lowest BCUT2D eigenvalue weighted by molar-refractivity contribution is 0.102. The lowest BCUT2D eigenvalue weighted by Crippen LogP contribution is -2.11. The minimum absolute atomic E-state index is 0.217. The number of hydrogen-bond acceptors (Lipinski definition) is 5. The van der Waals surface area contributed by atoms with E-state index in [9.17, 15) is 9.18 Å². The first-order valence-corrected chi connectivity index (χ1v) is 8.10. The summed E-state index contributed by atoms with van der Waals surface area (Å²) in [4.78, 5) is 20.5. The average molecular weight is 360 g/mol. The van der Waals surface area contributed by atoms with Crippen LogP contribution in [0.1, 0.15) is 10.4 Å². The molecule has 0 atom stereocenters. The number of hydrogen-bond donors (Lipinski definition) is 1. The largest absolute Gasteiger partial charge is 0.334 e. The molecule has 0 unspecified atom stereocenters. The van der Waals surface area contributed by atoms with Crippen molar-refractivity contribution in [2.75, 3.05) is 5.32 Å². The number of carbonyl (C=O) groups excluding carboxylic acids is 1. The molecule has 27 heavy (non-hydrogen) atoms. The van der Waals surface area contributed by atoms with E-state index in [4.69, 9.17) is 4.52 Å². The maximum absolute atomic E-state index is 13.4. The average Bonchev–Trinajstić information content (AvgIpc) is 3.19. The van der Waals surface area contributed by atoms with E-state index < -0.39 is 0 Å². The minimum atomic E-state index is -0.382. The number of amides is 1. The summed E-state index contributed by atoms with van der Waals surface area (Å²) in [5.74, 6) is -0.0952. The van der Waals surface area contributed by atoms with Gasteiger partial charge in [-0.15, -0.1) is 0 Å². The molecule has 0 fully saturated rings. The van der Waals surface area contributed by atoms with Crippen LogP contribution in [0.3, 0.4) is 0 Å². The minimum Gasteiger partial charge on any atom is -0.334 e. The summed E-state index contributed by atoms with van der Waals surface area (Å²) in [6.45, 7) is 0. The van der Waals surface area contributed by atoms with E-state index in [1.165, 1.54) is 18.3 Å². The fourth-order valence-corrected chi connectivity index (χ4v) is 2.52. The van der Waals surface area contributed by atoms with Crippen molar-refractivity contribution in [2.24, 2.45) is 0 Å². The molecule has 7 heteroatoms. The Bertz CT molecular complexity index is 1100. The summed E-state index contributed by atoms with van der Waals surface area (Å²) in [6, 6.07) is 16.3. The van der Waals surface area contributed by atoms with Crippen LogP contribution in [-0.2, 0) is 0 Å². The van der Waals surface area contributed by atoms with Gasteiger partial charge < -0.3 is 9.84 Å². The Balaban J connectivity index is 1.57. The quantitative estimate of drug-likeness (QED) is 0.590. The molecule has 132 valence electrons. The summed E-state index contributed by atoms with van der Waals surface area (Å²) >= 11 is 0. The van der Waals surface area contributed by atoms with Gasteiger partial charge in [0, 0.05) is 29.2 Å². The number of carbonyl (C=O) groups is 1. The van der Waals surface area contributed by atoms with Crippen molar-refractivity contribution in [2.45, 2.75) is 0 Å². The second-order valence-electron chi connectivity index (χ2n) is 5.71. The molecule has 0 bridgehead atoms. The van der Waals surface area contributed by atoms with Crippen molar-refractivity contribution in [3.63, 3.8) is 0 Å². The molecular weight excluding hydrogens is 347 g/mol. The van der Waals surface area contributed by atoms with Gasteiger partial charge in [-0.2, -0.15) is 4.98 Å². The predicted octanol–water partition coefficient (Wildman–Crippen LogP) is 4.19. The summed E-state index contributed by atoms with van der Waals surface area (Å²) in [5.41, 5.74) is 2.19. The zero-order valence-corrected chi connectivity index (χ0v) is 14.0. The zero-order chi connectivity index (χ0) is 18.6. The van der Waals surface area contributed by atoms with E-state index in [-0.39, 0.29) is 17.6 Å². The number of nitrogens with one attached hydrogen (secondary N) is 1. The molecule has 0 radical (unpaired) electrons. The van der Waals surface area contributed by atoms with Gasteiger partial charge in [0.1, 0.15) is 5.82 Å². The third-order valence-corrected chi connectivity index (χ3v) is 3.80. The molecule has 1 N–H and O–H groups in total. The van der Waals surface area contributed by atoms with Gasteiger partial charge in [-0.25, -0.2) is 4.39 Å².